The van der Waals surface area contributed by atoms with Crippen LogP contribution in [0.3, 0.4) is 0 Å². The van der Waals surface area contributed by atoms with Gasteiger partial charge in [0, 0.05) is 15.5 Å². The Balaban J connectivity index is 1.26. The van der Waals surface area contributed by atoms with E-state index in [1.807, 2.05) is 12.1 Å². The van der Waals surface area contributed by atoms with Gasteiger partial charge in [0.2, 0.25) is 0 Å². The van der Waals surface area contributed by atoms with Crippen LogP contribution in [0.25, 0.3) is 22.3 Å². The second kappa shape index (κ2) is 18.4. The maximum absolute atomic E-state index is 11.7. The number of nitrogens with zero attached hydrogens (tertiary/aromatic N) is 1. The second-order valence-corrected chi connectivity index (χ2v) is 15.2. The van der Waals surface area contributed by atoms with Crippen molar-refractivity contribution in [2.75, 3.05) is 18.1 Å². The number of aromatic carboxylic acids is 1. The molecule has 276 valence electrons. The summed E-state index contributed by atoms with van der Waals surface area (Å²) in [5.41, 5.74) is 7.83. The van der Waals surface area contributed by atoms with E-state index in [1.54, 1.807) is 23.9 Å². The fraction of sp³-hybridized carbons (Fsp3) is 0.340. The van der Waals surface area contributed by atoms with Crippen LogP contribution in [0.5, 0.6) is 11.5 Å². The van der Waals surface area contributed by atoms with Gasteiger partial charge in [-0.3, -0.25) is 0 Å². The van der Waals surface area contributed by atoms with Gasteiger partial charge >= 0.3 is 5.97 Å². The fourth-order valence-corrected chi connectivity index (χ4v) is 8.05. The van der Waals surface area contributed by atoms with Gasteiger partial charge in [-0.25, -0.2) is 4.79 Å². The monoisotopic (exact) mass is 727 g/mol. The molecule has 2 atom stereocenters. The van der Waals surface area contributed by atoms with E-state index in [-0.39, 0.29) is 5.56 Å². The van der Waals surface area contributed by atoms with Crippen LogP contribution in [-0.4, -0.2) is 24.3 Å². The highest BCUT2D eigenvalue weighted by Gasteiger charge is 2.26. The summed E-state index contributed by atoms with van der Waals surface area (Å²) < 4.78 is 12.4. The van der Waals surface area contributed by atoms with Crippen LogP contribution in [-0.2, 0) is 0 Å². The molecule has 0 amide bonds. The molecule has 53 heavy (non-hydrogen) atoms. The summed E-state index contributed by atoms with van der Waals surface area (Å²) in [5, 5.41) is 9.57. The average Bonchev–Trinajstić information content (AvgIpc) is 3.20. The normalized spacial score (nSPS) is 13.2. The fourth-order valence-electron chi connectivity index (χ4n) is 6.91. The van der Waals surface area contributed by atoms with Gasteiger partial charge < -0.3 is 19.5 Å². The topological polar surface area (TPSA) is 59.0 Å². The number of rotatable bonds is 18. The smallest absolute Gasteiger partial charge is 0.335 e. The number of fused-ring (bicyclic) bond motifs is 2. The van der Waals surface area contributed by atoms with Crippen molar-refractivity contribution in [3.8, 4) is 33.8 Å². The van der Waals surface area contributed by atoms with Gasteiger partial charge in [0.15, 0.2) is 0 Å². The van der Waals surface area contributed by atoms with E-state index in [1.165, 1.54) is 38.5 Å². The van der Waals surface area contributed by atoms with Crippen molar-refractivity contribution in [1.29, 1.82) is 0 Å². The molecule has 1 N–H and O–H groups in total. The maximum atomic E-state index is 11.7. The lowest BCUT2D eigenvalue weighted by Crippen LogP contribution is -2.15. The van der Waals surface area contributed by atoms with Gasteiger partial charge in [-0.05, 0) is 120 Å². The number of ether oxygens (including phenoxy) is 2. The molecule has 2 unspecified atom stereocenters. The third-order valence-corrected chi connectivity index (χ3v) is 11.5. The van der Waals surface area contributed by atoms with Gasteiger partial charge in [-0.2, -0.15) is 0 Å². The Kier molecular flexibility index (Phi) is 13.2. The van der Waals surface area contributed by atoms with Crippen LogP contribution in [0.1, 0.15) is 89.4 Å². The van der Waals surface area contributed by atoms with Crippen LogP contribution in [0.2, 0.25) is 0 Å². The van der Waals surface area contributed by atoms with Crippen molar-refractivity contribution in [3.63, 3.8) is 0 Å². The summed E-state index contributed by atoms with van der Waals surface area (Å²) in [7, 11) is 0. The van der Waals surface area contributed by atoms with Crippen molar-refractivity contribution < 1.29 is 19.4 Å². The molecule has 0 aromatic heterocycles. The minimum absolute atomic E-state index is 0.267. The first kappa shape index (κ1) is 38.1. The highest BCUT2D eigenvalue weighted by atomic mass is 32.2. The highest BCUT2D eigenvalue weighted by molar-refractivity contribution is 7.99. The first-order chi connectivity index (χ1) is 25.9. The lowest BCUT2D eigenvalue weighted by molar-refractivity contribution is 0.0697. The maximum Gasteiger partial charge on any atom is 0.335 e. The van der Waals surface area contributed by atoms with Crippen LogP contribution < -0.4 is 14.4 Å². The van der Waals surface area contributed by atoms with Crippen molar-refractivity contribution in [3.05, 3.63) is 115 Å². The molecule has 0 bridgehead atoms. The van der Waals surface area contributed by atoms with Gasteiger partial charge in [0.1, 0.15) is 11.5 Å². The zero-order chi connectivity index (χ0) is 37.2. The molecule has 6 heteroatoms. The van der Waals surface area contributed by atoms with Crippen molar-refractivity contribution in [1.82, 2.24) is 0 Å². The first-order valence-corrected chi connectivity index (χ1v) is 20.3. The van der Waals surface area contributed by atoms with E-state index in [0.717, 1.165) is 86.7 Å². The molecule has 0 radical (unpaired) electrons. The molecule has 0 saturated heterocycles. The van der Waals surface area contributed by atoms with Crippen molar-refractivity contribution in [2.45, 2.75) is 88.9 Å². The molecular formula is C47H53NO4S. The molecule has 0 saturated carbocycles. The van der Waals surface area contributed by atoms with Gasteiger partial charge in [0.05, 0.1) is 30.2 Å². The lowest BCUT2D eigenvalue weighted by atomic mass is 10.0. The molecule has 0 fully saturated rings. The summed E-state index contributed by atoms with van der Waals surface area (Å²) in [5.74, 6) is 2.06. The second-order valence-electron chi connectivity index (χ2n) is 14.2. The molecule has 6 rings (SSSR count). The Morgan fingerprint density at radius 1 is 0.604 bits per heavy atom. The Morgan fingerprint density at radius 2 is 1.04 bits per heavy atom. The molecule has 0 spiro atoms. The third-order valence-electron chi connectivity index (χ3n) is 10.4. The quantitative estimate of drug-likeness (QED) is 0.0951. The number of benzene rings is 5. The number of hydrogen-bond acceptors (Lipinski definition) is 5. The minimum Gasteiger partial charge on any atom is -0.493 e. The Hall–Kier alpha value is -4.68. The van der Waals surface area contributed by atoms with Crippen molar-refractivity contribution in [2.24, 2.45) is 11.8 Å². The summed E-state index contributed by atoms with van der Waals surface area (Å²) in [6.07, 6.45) is 9.62. The number of hydrogen-bond donors (Lipinski definition) is 1. The number of carbonyl (C=O) groups is 1. The predicted octanol–water partition coefficient (Wildman–Crippen LogP) is 13.8. The van der Waals surface area contributed by atoms with E-state index >= 15 is 0 Å². The zero-order valence-corrected chi connectivity index (χ0v) is 32.5. The highest BCUT2D eigenvalue weighted by Crippen LogP contribution is 2.53. The lowest BCUT2D eigenvalue weighted by Gasteiger charge is -2.33. The Bertz CT molecular complexity index is 1830. The zero-order valence-electron chi connectivity index (χ0n) is 31.6. The summed E-state index contributed by atoms with van der Waals surface area (Å²) in [6, 6.07) is 37.2. The molecule has 5 aromatic rings. The summed E-state index contributed by atoms with van der Waals surface area (Å²) >= 11 is 1.77. The largest absolute Gasteiger partial charge is 0.493 e. The van der Waals surface area contributed by atoms with Crippen LogP contribution >= 0.6 is 11.8 Å². The minimum atomic E-state index is -0.933. The number of carboxylic acids is 1. The van der Waals surface area contributed by atoms with Crippen molar-refractivity contribution >= 4 is 34.8 Å². The molecule has 1 aliphatic heterocycles. The average molecular weight is 728 g/mol. The van der Waals surface area contributed by atoms with E-state index in [4.69, 9.17) is 9.47 Å². The Morgan fingerprint density at radius 3 is 1.43 bits per heavy atom. The van der Waals surface area contributed by atoms with E-state index in [9.17, 15) is 9.90 Å². The molecular weight excluding hydrogens is 675 g/mol. The number of carboxylic acid groups (broad SMARTS) is 1. The third kappa shape index (κ3) is 9.47. The summed E-state index contributed by atoms with van der Waals surface area (Å²) in [4.78, 5) is 16.2. The van der Waals surface area contributed by atoms with E-state index < -0.39 is 5.97 Å². The molecule has 5 nitrogen and oxygen atoms in total. The predicted molar refractivity (Wildman–Crippen MR) is 221 cm³/mol. The molecule has 0 aliphatic carbocycles. The SMILES string of the molecule is CCCCC(CC)COc1ccc(-c2ccc3c(c2)Sc2cc(-c4ccc(OCC(CC)CCCC)cc4)ccc2N3c2ccc(C(=O)O)cc2)cc1. The van der Waals surface area contributed by atoms with Gasteiger partial charge in [-0.1, -0.05) is 114 Å². The van der Waals surface area contributed by atoms with Crippen LogP contribution in [0.4, 0.5) is 17.1 Å². The molecule has 1 aliphatic rings. The molecule has 1 heterocycles. The van der Waals surface area contributed by atoms with E-state index in [2.05, 4.69) is 118 Å². The first-order valence-electron chi connectivity index (χ1n) is 19.5. The van der Waals surface area contributed by atoms with Gasteiger partial charge in [0.25, 0.3) is 0 Å². The number of unbranched alkanes of at least 4 members (excludes halogenated alkanes) is 2. The van der Waals surface area contributed by atoms with Crippen LogP contribution in [0, 0.1) is 11.8 Å². The standard InChI is InChI=1S/C47H53NO4S/c1-5-9-11-33(7-3)31-51-41-23-15-35(16-24-41)38-19-27-43-45(29-38)53-46-30-39(20-28-44(46)48(43)40-21-13-37(14-22-40)47(49)50)36-17-25-42(26-18-36)52-32-34(8-4)12-10-6-2/h13-30,33-34H,5-12,31-32H2,1-4H3,(H,49,50). The van der Waals surface area contributed by atoms with E-state index in [0.29, 0.717) is 11.8 Å². The van der Waals surface area contributed by atoms with Crippen LogP contribution in [0.15, 0.2) is 119 Å². The molecule has 5 aromatic carbocycles. The van der Waals surface area contributed by atoms with Gasteiger partial charge in [-0.15, -0.1) is 0 Å². The summed E-state index contributed by atoms with van der Waals surface area (Å²) in [6.45, 7) is 10.5. The Labute approximate surface area is 320 Å². The number of anilines is 3.